The molecule has 1 N–H and O–H groups in total. The van der Waals surface area contributed by atoms with E-state index >= 15 is 0 Å². The van der Waals surface area contributed by atoms with Gasteiger partial charge in [0.2, 0.25) is 5.90 Å². The fourth-order valence-corrected chi connectivity index (χ4v) is 3.45. The zero-order valence-corrected chi connectivity index (χ0v) is 14.5. The van der Waals surface area contributed by atoms with Gasteiger partial charge < -0.3 is 14.3 Å². The van der Waals surface area contributed by atoms with Gasteiger partial charge in [0.15, 0.2) is 0 Å². The van der Waals surface area contributed by atoms with Crippen LogP contribution in [0.25, 0.3) is 22.1 Å². The lowest BCUT2D eigenvalue weighted by molar-refractivity contribution is 0.229. The molecule has 4 heteroatoms. The zero-order chi connectivity index (χ0) is 18.2. The Morgan fingerprint density at radius 3 is 2.33 bits per heavy atom. The van der Waals surface area contributed by atoms with Gasteiger partial charge in [0.25, 0.3) is 5.95 Å². The van der Waals surface area contributed by atoms with Crippen LogP contribution in [0.15, 0.2) is 88.3 Å². The first kappa shape index (κ1) is 15.7. The van der Waals surface area contributed by atoms with E-state index in [9.17, 15) is 5.11 Å². The predicted molar refractivity (Wildman–Crippen MR) is 105 cm³/mol. The monoisotopic (exact) mass is 355 g/mol. The number of furan rings is 1. The van der Waals surface area contributed by atoms with Gasteiger partial charge in [-0.1, -0.05) is 72.8 Å². The number of hydrogen-bond donors (Lipinski definition) is 1. The molecule has 1 atom stereocenters. The number of nitrogens with zero attached hydrogens (tertiary/aromatic N) is 1. The molecule has 0 spiro atoms. The van der Waals surface area contributed by atoms with Crippen LogP contribution in [0.5, 0.6) is 5.95 Å². The van der Waals surface area contributed by atoms with E-state index in [4.69, 9.17) is 9.15 Å². The number of hydrogen-bond acceptors (Lipinski definition) is 4. The summed E-state index contributed by atoms with van der Waals surface area (Å²) in [6.07, 6.45) is -0.169. The minimum absolute atomic E-state index is 0.157. The average Bonchev–Trinajstić information content (AvgIpc) is 3.32. The maximum absolute atomic E-state index is 10.2. The van der Waals surface area contributed by atoms with Gasteiger partial charge in [0.05, 0.1) is 6.54 Å². The van der Waals surface area contributed by atoms with Gasteiger partial charge in [0, 0.05) is 5.39 Å². The summed E-state index contributed by atoms with van der Waals surface area (Å²) in [4.78, 5) is 4.50. The molecule has 0 fully saturated rings. The second kappa shape index (κ2) is 6.32. The van der Waals surface area contributed by atoms with E-state index in [1.807, 2.05) is 42.5 Å². The molecule has 0 amide bonds. The highest BCUT2D eigenvalue weighted by molar-refractivity contribution is 6.08. The molecule has 0 saturated carbocycles. The predicted octanol–water partition coefficient (Wildman–Crippen LogP) is 5.32. The molecular weight excluding hydrogens is 338 g/mol. The molecule has 1 unspecified atom stereocenters. The summed E-state index contributed by atoms with van der Waals surface area (Å²) in [6.45, 7) is 0.513. The van der Waals surface area contributed by atoms with Crippen molar-refractivity contribution in [1.82, 2.24) is 0 Å². The molecule has 0 radical (unpaired) electrons. The van der Waals surface area contributed by atoms with Crippen LogP contribution in [0, 0.1) is 0 Å². The maximum atomic E-state index is 10.2. The fourth-order valence-electron chi connectivity index (χ4n) is 3.45. The van der Waals surface area contributed by atoms with Gasteiger partial charge in [-0.3, -0.25) is 0 Å². The molecule has 132 valence electrons. The summed E-state index contributed by atoms with van der Waals surface area (Å²) in [5, 5.41) is 11.0. The molecular formula is C23H17NO3. The van der Waals surface area contributed by atoms with Gasteiger partial charge in [-0.25, -0.2) is 4.99 Å². The standard InChI is InChI=1S/C23H17NO3/c25-23-21(18-8-4-5-9-19(18)27-23)22-24-14-20(26-22)17-12-10-16(11-13-17)15-6-2-1-3-7-15/h1-13,20,25H,14H2. The number of para-hydroxylation sites is 1. The Labute approximate surface area is 156 Å². The average molecular weight is 355 g/mol. The molecule has 2 heterocycles. The number of rotatable bonds is 3. The molecule has 1 aliphatic heterocycles. The van der Waals surface area contributed by atoms with E-state index in [-0.39, 0.29) is 12.1 Å². The van der Waals surface area contributed by atoms with Crippen molar-refractivity contribution >= 4 is 16.9 Å². The number of benzene rings is 3. The highest BCUT2D eigenvalue weighted by Crippen LogP contribution is 2.35. The minimum atomic E-state index is -0.169. The van der Waals surface area contributed by atoms with E-state index < -0.39 is 0 Å². The van der Waals surface area contributed by atoms with Crippen molar-refractivity contribution in [2.45, 2.75) is 6.10 Å². The summed E-state index contributed by atoms with van der Waals surface area (Å²) in [7, 11) is 0. The van der Waals surface area contributed by atoms with Gasteiger partial charge in [-0.05, 0) is 22.8 Å². The second-order valence-corrected chi connectivity index (χ2v) is 6.52. The number of fused-ring (bicyclic) bond motifs is 1. The smallest absolute Gasteiger partial charge is 0.296 e. The first-order chi connectivity index (χ1) is 13.3. The Hall–Kier alpha value is -3.53. The fraction of sp³-hybridized carbons (Fsp3) is 0.0870. The lowest BCUT2D eigenvalue weighted by Gasteiger charge is -2.12. The Balaban J connectivity index is 1.39. The molecule has 0 aliphatic carbocycles. The van der Waals surface area contributed by atoms with Gasteiger partial charge in [-0.15, -0.1) is 0 Å². The minimum Gasteiger partial charge on any atom is -0.480 e. The second-order valence-electron chi connectivity index (χ2n) is 6.52. The molecule has 27 heavy (non-hydrogen) atoms. The van der Waals surface area contributed by atoms with Gasteiger partial charge >= 0.3 is 0 Å². The van der Waals surface area contributed by atoms with E-state index in [0.717, 1.165) is 16.5 Å². The first-order valence-corrected chi connectivity index (χ1v) is 8.87. The van der Waals surface area contributed by atoms with Crippen LogP contribution in [0.3, 0.4) is 0 Å². The lowest BCUT2D eigenvalue weighted by atomic mass is 10.0. The molecule has 4 aromatic rings. The summed E-state index contributed by atoms with van der Waals surface area (Å²) >= 11 is 0. The van der Waals surface area contributed by atoms with Crippen LogP contribution < -0.4 is 0 Å². The third kappa shape index (κ3) is 2.75. The SMILES string of the molecule is Oc1oc2ccccc2c1C1=NCC(c2ccc(-c3ccccc3)cc2)O1. The molecule has 3 aromatic carbocycles. The van der Waals surface area contributed by atoms with Crippen LogP contribution in [-0.2, 0) is 4.74 Å². The van der Waals surface area contributed by atoms with E-state index in [1.165, 1.54) is 5.56 Å². The third-order valence-corrected chi connectivity index (χ3v) is 4.83. The Morgan fingerprint density at radius 2 is 1.52 bits per heavy atom. The van der Waals surface area contributed by atoms with Crippen LogP contribution >= 0.6 is 0 Å². The summed E-state index contributed by atoms with van der Waals surface area (Å²) < 4.78 is 11.5. The van der Waals surface area contributed by atoms with Gasteiger partial charge in [0.1, 0.15) is 17.3 Å². The van der Waals surface area contributed by atoms with Crippen LogP contribution in [0.4, 0.5) is 0 Å². The van der Waals surface area contributed by atoms with E-state index in [1.54, 1.807) is 0 Å². The number of ether oxygens (including phenoxy) is 1. The van der Waals surface area contributed by atoms with Crippen molar-refractivity contribution in [3.8, 4) is 17.1 Å². The van der Waals surface area contributed by atoms with Crippen LogP contribution in [-0.4, -0.2) is 17.5 Å². The Morgan fingerprint density at radius 1 is 0.815 bits per heavy atom. The Bertz CT molecular complexity index is 1130. The molecule has 0 saturated heterocycles. The maximum Gasteiger partial charge on any atom is 0.296 e. The number of aliphatic imine (C=N–C) groups is 1. The molecule has 1 aliphatic rings. The molecule has 0 bridgehead atoms. The molecule has 5 rings (SSSR count). The third-order valence-electron chi connectivity index (χ3n) is 4.83. The zero-order valence-electron chi connectivity index (χ0n) is 14.5. The highest BCUT2D eigenvalue weighted by atomic mass is 16.5. The van der Waals surface area contributed by atoms with Crippen molar-refractivity contribution < 1.29 is 14.3 Å². The van der Waals surface area contributed by atoms with Crippen LogP contribution in [0.1, 0.15) is 17.2 Å². The summed E-state index contributed by atoms with van der Waals surface area (Å²) in [5.41, 5.74) is 4.54. The molecule has 4 nitrogen and oxygen atoms in total. The normalized spacial score (nSPS) is 16.3. The van der Waals surface area contributed by atoms with Crippen molar-refractivity contribution in [1.29, 1.82) is 0 Å². The highest BCUT2D eigenvalue weighted by Gasteiger charge is 2.28. The quantitative estimate of drug-likeness (QED) is 0.541. The van der Waals surface area contributed by atoms with E-state index in [2.05, 4.69) is 41.4 Å². The molecule has 1 aromatic heterocycles. The van der Waals surface area contributed by atoms with Crippen molar-refractivity contribution in [3.63, 3.8) is 0 Å². The Kier molecular flexibility index (Phi) is 3.68. The first-order valence-electron chi connectivity index (χ1n) is 8.87. The van der Waals surface area contributed by atoms with E-state index in [0.29, 0.717) is 23.6 Å². The van der Waals surface area contributed by atoms with Crippen molar-refractivity contribution in [2.75, 3.05) is 6.54 Å². The lowest BCUT2D eigenvalue weighted by Crippen LogP contribution is -2.06. The summed E-state index contributed by atoms with van der Waals surface area (Å²) in [6, 6.07) is 26.1. The topological polar surface area (TPSA) is 55.0 Å². The summed E-state index contributed by atoms with van der Waals surface area (Å²) in [5.74, 6) is 0.268. The van der Waals surface area contributed by atoms with Gasteiger partial charge in [-0.2, -0.15) is 0 Å². The van der Waals surface area contributed by atoms with Crippen molar-refractivity contribution in [2.24, 2.45) is 4.99 Å². The van der Waals surface area contributed by atoms with Crippen molar-refractivity contribution in [3.05, 3.63) is 90.0 Å². The largest absolute Gasteiger partial charge is 0.480 e. The van der Waals surface area contributed by atoms with Crippen LogP contribution in [0.2, 0.25) is 0 Å². The number of aromatic hydroxyl groups is 1.